The van der Waals surface area contributed by atoms with Gasteiger partial charge < -0.3 is 10.1 Å². The Balaban J connectivity index is 2.59. The normalized spacial score (nSPS) is 9.53. The molecule has 1 aromatic carbocycles. The van der Waals surface area contributed by atoms with Gasteiger partial charge in [0.05, 0.1) is 6.54 Å². The summed E-state index contributed by atoms with van der Waals surface area (Å²) in [4.78, 5) is 11.3. The topological polar surface area (TPSA) is 38.3 Å². The van der Waals surface area contributed by atoms with Crippen LogP contribution < -0.4 is 10.1 Å². The number of benzene rings is 1. The van der Waals surface area contributed by atoms with Crippen molar-refractivity contribution in [3.8, 4) is 18.1 Å². The molecule has 0 unspecified atom stereocenters. The van der Waals surface area contributed by atoms with Gasteiger partial charge in [-0.3, -0.25) is 4.79 Å². The van der Waals surface area contributed by atoms with E-state index in [1.54, 1.807) is 0 Å². The molecule has 0 bridgehead atoms. The van der Waals surface area contributed by atoms with Crippen LogP contribution in [0.2, 0.25) is 0 Å². The Labute approximate surface area is 110 Å². The monoisotopic (exact) mass is 295 g/mol. The van der Waals surface area contributed by atoms with E-state index in [1.807, 2.05) is 26.0 Å². The van der Waals surface area contributed by atoms with Crippen molar-refractivity contribution in [1.29, 1.82) is 0 Å². The summed E-state index contributed by atoms with van der Waals surface area (Å²) in [6, 6.07) is 3.76. The van der Waals surface area contributed by atoms with Gasteiger partial charge in [-0.1, -0.05) is 21.9 Å². The minimum Gasteiger partial charge on any atom is -0.484 e. The fourth-order valence-electron chi connectivity index (χ4n) is 1.34. The molecule has 0 saturated carbocycles. The molecule has 1 aromatic rings. The van der Waals surface area contributed by atoms with E-state index in [4.69, 9.17) is 11.2 Å². The number of ether oxygens (including phenoxy) is 1. The summed E-state index contributed by atoms with van der Waals surface area (Å²) >= 11 is 3.47. The van der Waals surface area contributed by atoms with Crippen LogP contribution in [0.15, 0.2) is 16.6 Å². The number of rotatable bonds is 4. The van der Waals surface area contributed by atoms with Gasteiger partial charge >= 0.3 is 0 Å². The van der Waals surface area contributed by atoms with Crippen LogP contribution in [0.1, 0.15) is 11.1 Å². The summed E-state index contributed by atoms with van der Waals surface area (Å²) in [6.45, 7) is 4.15. The van der Waals surface area contributed by atoms with E-state index in [2.05, 4.69) is 27.2 Å². The van der Waals surface area contributed by atoms with E-state index in [0.29, 0.717) is 5.75 Å². The van der Waals surface area contributed by atoms with Gasteiger partial charge in [0.1, 0.15) is 5.75 Å². The van der Waals surface area contributed by atoms with Gasteiger partial charge in [-0.05, 0) is 37.1 Å². The Hall–Kier alpha value is -1.47. The standard InChI is InChI=1S/C13H14BrNO2/c1-4-5-15-12(16)8-17-11-6-9(2)13(14)10(3)7-11/h1,6-7H,5,8H2,2-3H3,(H,15,16). The second kappa shape index (κ2) is 6.31. The first kappa shape index (κ1) is 13.6. The van der Waals surface area contributed by atoms with Crippen LogP contribution >= 0.6 is 15.9 Å². The van der Waals surface area contributed by atoms with Crippen molar-refractivity contribution in [2.24, 2.45) is 0 Å². The molecule has 0 aromatic heterocycles. The van der Waals surface area contributed by atoms with E-state index in [0.717, 1.165) is 15.6 Å². The van der Waals surface area contributed by atoms with E-state index < -0.39 is 0 Å². The Morgan fingerprint density at radius 1 is 1.47 bits per heavy atom. The molecule has 0 aliphatic heterocycles. The zero-order valence-electron chi connectivity index (χ0n) is 9.84. The van der Waals surface area contributed by atoms with Crippen LogP contribution in [0.4, 0.5) is 0 Å². The molecular formula is C13H14BrNO2. The second-order valence-corrected chi connectivity index (χ2v) is 4.43. The van der Waals surface area contributed by atoms with Gasteiger partial charge in [0.25, 0.3) is 5.91 Å². The van der Waals surface area contributed by atoms with Crippen molar-refractivity contribution in [3.05, 3.63) is 27.7 Å². The lowest BCUT2D eigenvalue weighted by atomic mass is 10.1. The molecule has 0 aliphatic carbocycles. The molecule has 0 spiro atoms. The molecule has 0 aliphatic rings. The zero-order chi connectivity index (χ0) is 12.8. The highest BCUT2D eigenvalue weighted by Crippen LogP contribution is 2.26. The lowest BCUT2D eigenvalue weighted by Gasteiger charge is -2.09. The molecule has 0 saturated heterocycles. The van der Waals surface area contributed by atoms with Crippen LogP contribution in [0, 0.1) is 26.2 Å². The third-order valence-electron chi connectivity index (χ3n) is 2.17. The Morgan fingerprint density at radius 3 is 2.59 bits per heavy atom. The van der Waals surface area contributed by atoms with Gasteiger partial charge in [0.2, 0.25) is 0 Å². The van der Waals surface area contributed by atoms with Crippen LogP contribution in [-0.4, -0.2) is 19.1 Å². The van der Waals surface area contributed by atoms with Gasteiger partial charge in [-0.2, -0.15) is 0 Å². The SMILES string of the molecule is C#CCNC(=O)COc1cc(C)c(Br)c(C)c1. The summed E-state index contributed by atoms with van der Waals surface area (Å²) in [5.41, 5.74) is 2.15. The number of halogens is 1. The van der Waals surface area contributed by atoms with Crippen molar-refractivity contribution in [3.63, 3.8) is 0 Å². The highest BCUT2D eigenvalue weighted by molar-refractivity contribution is 9.10. The molecule has 1 N–H and O–H groups in total. The van der Waals surface area contributed by atoms with Crippen molar-refractivity contribution >= 4 is 21.8 Å². The van der Waals surface area contributed by atoms with Crippen molar-refractivity contribution in [2.75, 3.05) is 13.2 Å². The van der Waals surface area contributed by atoms with Crippen molar-refractivity contribution in [2.45, 2.75) is 13.8 Å². The quantitative estimate of drug-likeness (QED) is 0.865. The summed E-state index contributed by atoms with van der Waals surface area (Å²) < 4.78 is 6.44. The number of nitrogens with one attached hydrogen (secondary N) is 1. The third kappa shape index (κ3) is 4.12. The van der Waals surface area contributed by atoms with E-state index >= 15 is 0 Å². The Morgan fingerprint density at radius 2 is 2.06 bits per heavy atom. The second-order valence-electron chi connectivity index (χ2n) is 3.64. The highest BCUT2D eigenvalue weighted by Gasteiger charge is 2.05. The summed E-state index contributed by atoms with van der Waals surface area (Å²) in [6.07, 6.45) is 5.03. The lowest BCUT2D eigenvalue weighted by molar-refractivity contribution is -0.122. The minimum absolute atomic E-state index is 0.0256. The number of amides is 1. The van der Waals surface area contributed by atoms with Gasteiger partial charge in [0, 0.05) is 4.47 Å². The summed E-state index contributed by atoms with van der Waals surface area (Å²) in [5.74, 6) is 2.79. The van der Waals surface area contributed by atoms with Gasteiger partial charge in [0.15, 0.2) is 6.61 Å². The predicted octanol–water partition coefficient (Wildman–Crippen LogP) is 2.19. The van der Waals surface area contributed by atoms with Gasteiger partial charge in [-0.25, -0.2) is 0 Å². The average molecular weight is 296 g/mol. The van der Waals surface area contributed by atoms with Crippen LogP contribution in [0.25, 0.3) is 0 Å². The maximum atomic E-state index is 11.3. The molecule has 1 rings (SSSR count). The number of hydrogen-bond acceptors (Lipinski definition) is 2. The molecule has 0 heterocycles. The molecule has 3 nitrogen and oxygen atoms in total. The number of carbonyl (C=O) groups excluding carboxylic acids is 1. The fraction of sp³-hybridized carbons (Fsp3) is 0.308. The molecule has 1 amide bonds. The summed E-state index contributed by atoms with van der Waals surface area (Å²) in [7, 11) is 0. The van der Waals surface area contributed by atoms with Crippen molar-refractivity contribution in [1.82, 2.24) is 5.32 Å². The first-order chi connectivity index (χ1) is 8.04. The summed E-state index contributed by atoms with van der Waals surface area (Å²) in [5, 5.41) is 2.53. The number of hydrogen-bond donors (Lipinski definition) is 1. The first-order valence-electron chi connectivity index (χ1n) is 5.14. The number of terminal acetylenes is 1. The first-order valence-corrected chi connectivity index (χ1v) is 5.93. The van der Waals surface area contributed by atoms with Crippen LogP contribution in [0.3, 0.4) is 0 Å². The average Bonchev–Trinajstić information content (AvgIpc) is 2.30. The van der Waals surface area contributed by atoms with E-state index in [-0.39, 0.29) is 19.1 Å². The van der Waals surface area contributed by atoms with Crippen LogP contribution in [0.5, 0.6) is 5.75 Å². The maximum absolute atomic E-state index is 11.3. The van der Waals surface area contributed by atoms with E-state index in [1.165, 1.54) is 0 Å². The third-order valence-corrected chi connectivity index (χ3v) is 3.42. The molecule has 4 heteroatoms. The molecular weight excluding hydrogens is 282 g/mol. The van der Waals surface area contributed by atoms with Crippen molar-refractivity contribution < 1.29 is 9.53 Å². The Kier molecular flexibility index (Phi) is 5.05. The molecule has 90 valence electrons. The number of aryl methyl sites for hydroxylation is 2. The fourth-order valence-corrected chi connectivity index (χ4v) is 1.57. The zero-order valence-corrected chi connectivity index (χ0v) is 11.4. The molecule has 0 fully saturated rings. The molecule has 0 atom stereocenters. The maximum Gasteiger partial charge on any atom is 0.258 e. The lowest BCUT2D eigenvalue weighted by Crippen LogP contribution is -2.29. The van der Waals surface area contributed by atoms with Crippen LogP contribution in [-0.2, 0) is 4.79 Å². The highest BCUT2D eigenvalue weighted by atomic mass is 79.9. The molecule has 17 heavy (non-hydrogen) atoms. The largest absolute Gasteiger partial charge is 0.484 e. The molecule has 0 radical (unpaired) electrons. The smallest absolute Gasteiger partial charge is 0.258 e. The van der Waals surface area contributed by atoms with E-state index in [9.17, 15) is 4.79 Å². The minimum atomic E-state index is -0.221. The number of carbonyl (C=O) groups is 1. The van der Waals surface area contributed by atoms with Gasteiger partial charge in [-0.15, -0.1) is 6.42 Å². The predicted molar refractivity (Wildman–Crippen MR) is 71.0 cm³/mol. The Bertz CT molecular complexity index is 440.